The van der Waals surface area contributed by atoms with Crippen molar-refractivity contribution in [3.05, 3.63) is 57.0 Å². The van der Waals surface area contributed by atoms with E-state index in [4.69, 9.17) is 16.3 Å². The molecule has 2 rings (SSSR count). The third kappa shape index (κ3) is 3.78. The molecule has 0 aromatic heterocycles. The molecule has 0 saturated carbocycles. The number of phenols is 1. The van der Waals surface area contributed by atoms with Gasteiger partial charge in [-0.15, -0.1) is 0 Å². The highest BCUT2D eigenvalue weighted by Crippen LogP contribution is 2.34. The molecule has 0 saturated heterocycles. The zero-order valence-corrected chi connectivity index (χ0v) is 13.9. The molecular weight excluding hydrogens is 372 g/mol. The van der Waals surface area contributed by atoms with Crippen molar-refractivity contribution in [2.75, 3.05) is 7.11 Å². The second kappa shape index (κ2) is 7.29. The van der Waals surface area contributed by atoms with Gasteiger partial charge in [0, 0.05) is 0 Å². The van der Waals surface area contributed by atoms with Crippen LogP contribution in [-0.2, 0) is 0 Å². The van der Waals surface area contributed by atoms with Gasteiger partial charge in [-0.25, -0.2) is 5.43 Å². The van der Waals surface area contributed by atoms with Gasteiger partial charge in [0.2, 0.25) is 0 Å². The number of benzene rings is 2. The maximum Gasteiger partial charge on any atom is 0.272 e. The van der Waals surface area contributed by atoms with Gasteiger partial charge in [0.15, 0.2) is 11.5 Å². The SMILES string of the molecule is COc1cc(/C=N\NC(=O)c2ccccc2Cl)cc(Br)c1O. The average molecular weight is 384 g/mol. The van der Waals surface area contributed by atoms with E-state index >= 15 is 0 Å². The Morgan fingerprint density at radius 1 is 1.41 bits per heavy atom. The molecule has 0 bridgehead atoms. The van der Waals surface area contributed by atoms with Crippen molar-refractivity contribution in [3.8, 4) is 11.5 Å². The summed E-state index contributed by atoms with van der Waals surface area (Å²) < 4.78 is 5.50. The predicted molar refractivity (Wildman–Crippen MR) is 88.9 cm³/mol. The third-order valence-corrected chi connectivity index (χ3v) is 3.70. The Morgan fingerprint density at radius 2 is 2.14 bits per heavy atom. The molecule has 0 fully saturated rings. The van der Waals surface area contributed by atoms with Gasteiger partial charge in [0.1, 0.15) is 0 Å². The lowest BCUT2D eigenvalue weighted by atomic mass is 10.2. The number of carbonyl (C=O) groups is 1. The number of carbonyl (C=O) groups excluding carboxylic acids is 1. The van der Waals surface area contributed by atoms with Crippen LogP contribution >= 0.6 is 27.5 Å². The van der Waals surface area contributed by atoms with Crippen LogP contribution in [0.25, 0.3) is 0 Å². The second-order valence-corrected chi connectivity index (χ2v) is 5.49. The van der Waals surface area contributed by atoms with Gasteiger partial charge in [-0.3, -0.25) is 4.79 Å². The maximum atomic E-state index is 11.9. The van der Waals surface area contributed by atoms with Gasteiger partial charge in [-0.1, -0.05) is 23.7 Å². The summed E-state index contributed by atoms with van der Waals surface area (Å²) in [4.78, 5) is 11.9. The molecule has 0 aliphatic carbocycles. The normalized spacial score (nSPS) is 10.7. The van der Waals surface area contributed by atoms with E-state index in [2.05, 4.69) is 26.5 Å². The maximum absolute atomic E-state index is 11.9. The third-order valence-electron chi connectivity index (χ3n) is 2.77. The zero-order chi connectivity index (χ0) is 16.1. The first kappa shape index (κ1) is 16.3. The lowest BCUT2D eigenvalue weighted by Gasteiger charge is -2.06. The summed E-state index contributed by atoms with van der Waals surface area (Å²) in [5.41, 5.74) is 3.37. The molecule has 2 aromatic carbocycles. The molecule has 0 spiro atoms. The highest BCUT2D eigenvalue weighted by atomic mass is 79.9. The van der Waals surface area contributed by atoms with E-state index in [0.717, 1.165) is 0 Å². The van der Waals surface area contributed by atoms with E-state index in [-0.39, 0.29) is 5.75 Å². The molecule has 0 aliphatic heterocycles. The number of hydrogen-bond donors (Lipinski definition) is 2. The van der Waals surface area contributed by atoms with Crippen molar-refractivity contribution in [1.29, 1.82) is 0 Å². The van der Waals surface area contributed by atoms with E-state index < -0.39 is 5.91 Å². The fraction of sp³-hybridized carbons (Fsp3) is 0.0667. The fourth-order valence-electron chi connectivity index (χ4n) is 1.69. The Bertz CT molecular complexity index is 735. The van der Waals surface area contributed by atoms with Crippen LogP contribution in [0.3, 0.4) is 0 Å². The number of methoxy groups -OCH3 is 1. The van der Waals surface area contributed by atoms with Crippen LogP contribution in [0.2, 0.25) is 5.02 Å². The van der Waals surface area contributed by atoms with Crippen LogP contribution < -0.4 is 10.2 Å². The summed E-state index contributed by atoms with van der Waals surface area (Å²) in [7, 11) is 1.45. The Morgan fingerprint density at radius 3 is 2.82 bits per heavy atom. The average Bonchev–Trinajstić information content (AvgIpc) is 2.50. The van der Waals surface area contributed by atoms with Gasteiger partial charge in [-0.2, -0.15) is 5.10 Å². The van der Waals surface area contributed by atoms with Crippen LogP contribution in [0.4, 0.5) is 0 Å². The van der Waals surface area contributed by atoms with Crippen LogP contribution in [0.15, 0.2) is 46.0 Å². The molecule has 0 atom stereocenters. The quantitative estimate of drug-likeness (QED) is 0.626. The molecule has 5 nitrogen and oxygen atoms in total. The monoisotopic (exact) mass is 382 g/mol. The number of nitrogens with one attached hydrogen (secondary N) is 1. The topological polar surface area (TPSA) is 70.9 Å². The predicted octanol–water partition coefficient (Wildman–Crippen LogP) is 3.58. The van der Waals surface area contributed by atoms with Crippen LogP contribution in [0, 0.1) is 0 Å². The minimum atomic E-state index is -0.411. The number of nitrogens with zero attached hydrogens (tertiary/aromatic N) is 1. The van der Waals surface area contributed by atoms with E-state index in [9.17, 15) is 9.90 Å². The number of aromatic hydroxyl groups is 1. The first-order valence-electron chi connectivity index (χ1n) is 6.17. The zero-order valence-electron chi connectivity index (χ0n) is 11.5. The van der Waals surface area contributed by atoms with E-state index in [1.807, 2.05) is 0 Å². The van der Waals surface area contributed by atoms with Crippen molar-refractivity contribution in [1.82, 2.24) is 5.43 Å². The van der Waals surface area contributed by atoms with Crippen molar-refractivity contribution in [2.24, 2.45) is 5.10 Å². The molecule has 0 unspecified atom stereocenters. The standard InChI is InChI=1S/C15H12BrClN2O3/c1-22-13-7-9(6-11(16)14(13)20)8-18-19-15(21)10-4-2-3-5-12(10)17/h2-8,20H,1H3,(H,19,21)/b18-8-. The lowest BCUT2D eigenvalue weighted by molar-refractivity contribution is 0.0955. The summed E-state index contributed by atoms with van der Waals surface area (Å²) in [6, 6.07) is 9.92. The molecule has 7 heteroatoms. The molecule has 1 amide bonds. The molecule has 2 N–H and O–H groups in total. The molecule has 2 aromatic rings. The Kier molecular flexibility index (Phi) is 5.41. The minimum absolute atomic E-state index is 0.000229. The largest absolute Gasteiger partial charge is 0.503 e. The van der Waals surface area contributed by atoms with Gasteiger partial charge in [0.05, 0.1) is 28.4 Å². The van der Waals surface area contributed by atoms with Gasteiger partial charge in [-0.05, 0) is 45.8 Å². The van der Waals surface area contributed by atoms with Crippen molar-refractivity contribution in [3.63, 3.8) is 0 Å². The molecule has 0 radical (unpaired) electrons. The second-order valence-electron chi connectivity index (χ2n) is 4.23. The van der Waals surface area contributed by atoms with Gasteiger partial charge >= 0.3 is 0 Å². The van der Waals surface area contributed by atoms with Crippen LogP contribution in [0.5, 0.6) is 11.5 Å². The Labute approximate surface area is 140 Å². The minimum Gasteiger partial charge on any atom is -0.503 e. The van der Waals surface area contributed by atoms with E-state index in [1.54, 1.807) is 36.4 Å². The number of hydrazone groups is 1. The van der Waals surface area contributed by atoms with Crippen molar-refractivity contribution >= 4 is 39.7 Å². The number of ether oxygens (including phenoxy) is 1. The molecule has 22 heavy (non-hydrogen) atoms. The van der Waals surface area contributed by atoms with Crippen LogP contribution in [-0.4, -0.2) is 24.3 Å². The summed E-state index contributed by atoms with van der Waals surface area (Å²) in [5.74, 6) is -0.111. The number of amides is 1. The number of phenolic OH excluding ortho intramolecular Hbond substituents is 1. The lowest BCUT2D eigenvalue weighted by Crippen LogP contribution is -2.17. The smallest absolute Gasteiger partial charge is 0.272 e. The van der Waals surface area contributed by atoms with Crippen molar-refractivity contribution in [2.45, 2.75) is 0 Å². The highest BCUT2D eigenvalue weighted by molar-refractivity contribution is 9.10. The van der Waals surface area contributed by atoms with E-state index in [0.29, 0.717) is 26.4 Å². The number of hydrogen-bond acceptors (Lipinski definition) is 4. The summed E-state index contributed by atoms with van der Waals surface area (Å²) >= 11 is 9.14. The number of halogens is 2. The highest BCUT2D eigenvalue weighted by Gasteiger charge is 2.09. The summed E-state index contributed by atoms with van der Waals surface area (Å²) in [5, 5.41) is 13.9. The molecule has 0 heterocycles. The molecule has 0 aliphatic rings. The fourth-order valence-corrected chi connectivity index (χ4v) is 2.38. The van der Waals surface area contributed by atoms with E-state index in [1.165, 1.54) is 13.3 Å². The van der Waals surface area contributed by atoms with Crippen molar-refractivity contribution < 1.29 is 14.6 Å². The van der Waals surface area contributed by atoms with Crippen LogP contribution in [0.1, 0.15) is 15.9 Å². The summed E-state index contributed by atoms with van der Waals surface area (Å²) in [6.07, 6.45) is 1.43. The Balaban J connectivity index is 2.12. The molecule has 114 valence electrons. The first-order valence-corrected chi connectivity index (χ1v) is 7.34. The first-order chi connectivity index (χ1) is 10.5. The van der Waals surface area contributed by atoms with Gasteiger partial charge in [0.25, 0.3) is 5.91 Å². The Hall–Kier alpha value is -2.05. The molecular formula is C15H12BrClN2O3. The van der Waals surface area contributed by atoms with Gasteiger partial charge < -0.3 is 9.84 Å². The summed E-state index contributed by atoms with van der Waals surface area (Å²) in [6.45, 7) is 0. The number of rotatable bonds is 4.